The monoisotopic (exact) mass is 460 g/mol. The van der Waals surface area contributed by atoms with Gasteiger partial charge >= 0.3 is 5.97 Å². The van der Waals surface area contributed by atoms with Crippen molar-refractivity contribution in [1.82, 2.24) is 14.1 Å². The number of sulfonamides is 1. The maximum atomic E-state index is 12.0. The molecule has 4 rings (SSSR count). The fourth-order valence-corrected chi connectivity index (χ4v) is 4.73. The van der Waals surface area contributed by atoms with Gasteiger partial charge < -0.3 is 9.14 Å². The molecule has 0 aliphatic carbocycles. The number of halogens is 1. The maximum absolute atomic E-state index is 12.0. The van der Waals surface area contributed by atoms with Crippen molar-refractivity contribution in [2.75, 3.05) is 6.54 Å². The fraction of sp³-hybridized carbons (Fsp3) is 0.286. The molecular formula is C21H21ClN4O4S. The van der Waals surface area contributed by atoms with Crippen LogP contribution in [0, 0.1) is 0 Å². The highest BCUT2D eigenvalue weighted by molar-refractivity contribution is 7.90. The number of unbranched alkanes of at least 4 members (excludes halogenated alkanes) is 2. The topological polar surface area (TPSA) is 102 Å². The van der Waals surface area contributed by atoms with E-state index in [-0.39, 0.29) is 17.5 Å². The van der Waals surface area contributed by atoms with Gasteiger partial charge in [0, 0.05) is 30.9 Å². The van der Waals surface area contributed by atoms with Crippen molar-refractivity contribution in [3.63, 3.8) is 0 Å². The first-order valence-corrected chi connectivity index (χ1v) is 11.7. The van der Waals surface area contributed by atoms with Gasteiger partial charge in [-0.1, -0.05) is 30.2 Å². The molecule has 8 nitrogen and oxygen atoms in total. The highest BCUT2D eigenvalue weighted by atomic mass is 35.5. The van der Waals surface area contributed by atoms with Gasteiger partial charge in [0.1, 0.15) is 18.1 Å². The summed E-state index contributed by atoms with van der Waals surface area (Å²) in [5.74, 6) is 0.0997. The Bertz CT molecular complexity index is 1250. The molecule has 0 saturated carbocycles. The molecule has 3 aromatic rings. The number of carbonyl (C=O) groups is 1. The van der Waals surface area contributed by atoms with Crippen LogP contribution in [0.4, 0.5) is 0 Å². The Morgan fingerprint density at radius 2 is 1.97 bits per heavy atom. The van der Waals surface area contributed by atoms with Crippen LogP contribution in [0.2, 0.25) is 5.02 Å². The highest BCUT2D eigenvalue weighted by Crippen LogP contribution is 2.22. The molecule has 1 N–H and O–H groups in total. The molecule has 1 aliphatic heterocycles. The average molecular weight is 461 g/mol. The van der Waals surface area contributed by atoms with E-state index >= 15 is 0 Å². The van der Waals surface area contributed by atoms with Crippen molar-refractivity contribution in [2.45, 2.75) is 37.2 Å². The minimum absolute atomic E-state index is 0.116. The number of esters is 1. The van der Waals surface area contributed by atoms with Gasteiger partial charge in [0.15, 0.2) is 0 Å². The molecule has 0 bridgehead atoms. The fourth-order valence-electron chi connectivity index (χ4n) is 3.31. The zero-order valence-corrected chi connectivity index (χ0v) is 18.2. The summed E-state index contributed by atoms with van der Waals surface area (Å²) in [6.45, 7) is 0.594. The van der Waals surface area contributed by atoms with Crippen molar-refractivity contribution < 1.29 is 17.9 Å². The Morgan fingerprint density at radius 1 is 1.13 bits per heavy atom. The van der Waals surface area contributed by atoms with E-state index in [9.17, 15) is 13.2 Å². The Balaban J connectivity index is 1.17. The third-order valence-electron chi connectivity index (χ3n) is 4.82. The summed E-state index contributed by atoms with van der Waals surface area (Å²) in [4.78, 5) is 21.0. The van der Waals surface area contributed by atoms with Crippen molar-refractivity contribution in [1.29, 1.82) is 0 Å². The van der Waals surface area contributed by atoms with Crippen molar-refractivity contribution in [2.24, 2.45) is 4.99 Å². The van der Waals surface area contributed by atoms with Crippen LogP contribution in [0.25, 0.3) is 5.65 Å². The van der Waals surface area contributed by atoms with Gasteiger partial charge in [-0.2, -0.15) is 0 Å². The number of hydrogen-bond donors (Lipinski definition) is 1. The smallest absolute Gasteiger partial charge is 0.306 e. The summed E-state index contributed by atoms with van der Waals surface area (Å²) in [5.41, 5.74) is 2.00. The molecule has 0 amide bonds. The van der Waals surface area contributed by atoms with E-state index in [0.29, 0.717) is 41.5 Å². The predicted molar refractivity (Wildman–Crippen MR) is 117 cm³/mol. The Kier molecular flexibility index (Phi) is 6.24. The number of ether oxygens (including phenoxy) is 1. The number of amidine groups is 1. The summed E-state index contributed by atoms with van der Waals surface area (Å²) >= 11 is 5.95. The van der Waals surface area contributed by atoms with Gasteiger partial charge in [-0.05, 0) is 37.1 Å². The third kappa shape index (κ3) is 5.05. The Morgan fingerprint density at radius 3 is 2.84 bits per heavy atom. The number of aromatic nitrogens is 2. The summed E-state index contributed by atoms with van der Waals surface area (Å²) < 4.78 is 33.7. The molecule has 0 fully saturated rings. The van der Waals surface area contributed by atoms with Gasteiger partial charge in [-0.25, -0.2) is 13.4 Å². The molecular weight excluding hydrogens is 440 g/mol. The van der Waals surface area contributed by atoms with E-state index in [1.165, 1.54) is 0 Å². The van der Waals surface area contributed by atoms with Crippen LogP contribution in [0.15, 0.2) is 58.7 Å². The number of carbonyl (C=O) groups excluding carboxylic acids is 1. The number of fused-ring (bicyclic) bond motifs is 2. The molecule has 0 atom stereocenters. The van der Waals surface area contributed by atoms with E-state index < -0.39 is 10.0 Å². The number of pyridine rings is 1. The largest absolute Gasteiger partial charge is 0.459 e. The van der Waals surface area contributed by atoms with Gasteiger partial charge in [-0.3, -0.25) is 14.5 Å². The van der Waals surface area contributed by atoms with Gasteiger partial charge in [0.25, 0.3) is 10.0 Å². The summed E-state index contributed by atoms with van der Waals surface area (Å²) in [7, 11) is -3.51. The van der Waals surface area contributed by atoms with Crippen LogP contribution in [-0.4, -0.2) is 36.2 Å². The molecule has 0 radical (unpaired) electrons. The zero-order valence-electron chi connectivity index (χ0n) is 16.6. The van der Waals surface area contributed by atoms with Crippen LogP contribution in [0.3, 0.4) is 0 Å². The lowest BCUT2D eigenvalue weighted by atomic mass is 10.2. The molecule has 0 saturated heterocycles. The molecule has 1 aromatic carbocycles. The second-order valence-corrected chi connectivity index (χ2v) is 9.24. The first-order valence-electron chi connectivity index (χ1n) is 9.88. The second-order valence-electron chi connectivity index (χ2n) is 7.15. The normalized spacial score (nSPS) is 15.7. The maximum Gasteiger partial charge on any atom is 0.306 e. The molecule has 2 aromatic heterocycles. The highest BCUT2D eigenvalue weighted by Gasteiger charge is 2.29. The van der Waals surface area contributed by atoms with Crippen LogP contribution >= 0.6 is 11.6 Å². The number of rotatable bonds is 8. The molecule has 0 unspecified atom stereocenters. The molecule has 31 heavy (non-hydrogen) atoms. The first kappa shape index (κ1) is 21.3. The van der Waals surface area contributed by atoms with Gasteiger partial charge in [0.2, 0.25) is 0 Å². The molecule has 0 spiro atoms. The van der Waals surface area contributed by atoms with Crippen LogP contribution in [0.5, 0.6) is 0 Å². The quantitative estimate of drug-likeness (QED) is 0.410. The standard InChI is InChI=1S/C21H21ClN4O4S/c22-15-9-10-19-24-16(13-26(19)12-15)14-30-20(27)8-2-1-5-11-23-21-17-6-3-4-7-18(17)31(28,29)25-21/h3-4,6-7,9-10,12-13H,1-2,5,8,11,14H2,(H,23,25). The summed E-state index contributed by atoms with van der Waals surface area (Å²) in [6, 6.07) is 10.3. The number of nitrogens with zero attached hydrogens (tertiary/aromatic N) is 3. The third-order valence-corrected chi connectivity index (χ3v) is 6.44. The molecule has 3 heterocycles. The summed E-state index contributed by atoms with van der Waals surface area (Å²) in [6.07, 6.45) is 6.04. The Labute approximate surface area is 185 Å². The molecule has 1 aliphatic rings. The predicted octanol–water partition coefficient (Wildman–Crippen LogP) is 3.33. The first-order chi connectivity index (χ1) is 14.9. The summed E-state index contributed by atoms with van der Waals surface area (Å²) in [5, 5.41) is 0.605. The van der Waals surface area contributed by atoms with Gasteiger partial charge in [0.05, 0.1) is 15.6 Å². The van der Waals surface area contributed by atoms with Crippen LogP contribution < -0.4 is 4.72 Å². The molecule has 162 valence electrons. The lowest BCUT2D eigenvalue weighted by molar-refractivity contribution is -0.145. The zero-order chi connectivity index (χ0) is 21.8. The van der Waals surface area contributed by atoms with Crippen molar-refractivity contribution in [3.05, 3.63) is 65.1 Å². The minimum Gasteiger partial charge on any atom is -0.459 e. The lowest BCUT2D eigenvalue weighted by Gasteiger charge is -2.03. The van der Waals surface area contributed by atoms with E-state index in [0.717, 1.165) is 18.5 Å². The van der Waals surface area contributed by atoms with Crippen LogP contribution in [-0.2, 0) is 26.2 Å². The van der Waals surface area contributed by atoms with E-state index in [1.54, 1.807) is 53.2 Å². The van der Waals surface area contributed by atoms with Gasteiger partial charge in [-0.15, -0.1) is 0 Å². The Hall–Kier alpha value is -2.91. The number of benzene rings is 1. The van der Waals surface area contributed by atoms with E-state index in [2.05, 4.69) is 14.7 Å². The van der Waals surface area contributed by atoms with Crippen LogP contribution in [0.1, 0.15) is 36.9 Å². The lowest BCUT2D eigenvalue weighted by Crippen LogP contribution is -2.22. The van der Waals surface area contributed by atoms with Crippen molar-refractivity contribution in [3.8, 4) is 0 Å². The average Bonchev–Trinajstić information content (AvgIpc) is 3.26. The number of hydrogen-bond acceptors (Lipinski definition) is 6. The van der Waals surface area contributed by atoms with E-state index in [4.69, 9.17) is 16.3 Å². The van der Waals surface area contributed by atoms with Crippen molar-refractivity contribution >= 4 is 39.1 Å². The number of nitrogens with one attached hydrogen (secondary N) is 1. The minimum atomic E-state index is -3.51. The van der Waals surface area contributed by atoms with E-state index in [1.807, 2.05) is 0 Å². The number of imidazole rings is 1. The second kappa shape index (κ2) is 9.07. The molecule has 10 heteroatoms. The SMILES string of the molecule is O=C(CCCCCN=C1NS(=O)(=O)c2ccccc21)OCc1cn2cc(Cl)ccc2n1. The number of aliphatic imine (C=N–C) groups is 1.